The van der Waals surface area contributed by atoms with Crippen molar-refractivity contribution in [2.24, 2.45) is 5.92 Å². The van der Waals surface area contributed by atoms with Crippen LogP contribution in [0.2, 0.25) is 0 Å². The van der Waals surface area contributed by atoms with Crippen molar-refractivity contribution in [2.75, 3.05) is 23.3 Å². The molecule has 40 heavy (non-hydrogen) atoms. The van der Waals surface area contributed by atoms with Gasteiger partial charge in [0.2, 0.25) is 5.91 Å². The second kappa shape index (κ2) is 10.3. The number of aromatic amines is 2. The number of rotatable bonds is 5. The van der Waals surface area contributed by atoms with E-state index in [-0.39, 0.29) is 22.9 Å². The molecule has 3 N–H and O–H groups in total. The van der Waals surface area contributed by atoms with Gasteiger partial charge in [0.05, 0.1) is 34.7 Å². The second-order valence-electron chi connectivity index (χ2n) is 10.7. The number of carbonyl (C=O) groups excluding carboxylic acids is 1. The Morgan fingerprint density at radius 3 is 2.67 bits per heavy atom. The molecule has 1 amide bonds. The number of hydrogen-bond donors (Lipinski definition) is 3. The summed E-state index contributed by atoms with van der Waals surface area (Å²) in [4.78, 5) is 36.2. The fourth-order valence-electron chi connectivity index (χ4n) is 5.99. The lowest BCUT2D eigenvalue weighted by molar-refractivity contribution is -0.120. The largest absolute Gasteiger partial charge is 0.370 e. The fourth-order valence-corrected chi connectivity index (χ4v) is 5.99. The molecule has 0 unspecified atom stereocenters. The molecule has 7 rings (SSSR count). The SMILES string of the molecule is O=C(Nc1cncc(-c2ncc3[nH]nc(-c4nc5c(N6CCCCC6)ccnc5[nH]4)c3c2F)c1)C1CCCCC1. The number of hydrogen-bond acceptors (Lipinski definition) is 7. The number of aromatic nitrogens is 7. The van der Waals surface area contributed by atoms with Crippen molar-refractivity contribution < 1.29 is 9.18 Å². The number of carbonyl (C=O) groups is 1. The van der Waals surface area contributed by atoms with Crippen molar-refractivity contribution in [1.29, 1.82) is 0 Å². The van der Waals surface area contributed by atoms with Gasteiger partial charge in [0, 0.05) is 37.0 Å². The summed E-state index contributed by atoms with van der Waals surface area (Å²) < 4.78 is 16.1. The maximum absolute atomic E-state index is 16.1. The number of pyridine rings is 3. The summed E-state index contributed by atoms with van der Waals surface area (Å²) in [5, 5.41) is 10.5. The van der Waals surface area contributed by atoms with Gasteiger partial charge in [-0.3, -0.25) is 19.9 Å². The number of imidazole rings is 1. The molecule has 1 aliphatic carbocycles. The van der Waals surface area contributed by atoms with Crippen LogP contribution in [0.4, 0.5) is 15.8 Å². The zero-order valence-corrected chi connectivity index (χ0v) is 22.1. The molecule has 1 aliphatic heterocycles. The van der Waals surface area contributed by atoms with Crippen LogP contribution < -0.4 is 10.2 Å². The maximum Gasteiger partial charge on any atom is 0.227 e. The van der Waals surface area contributed by atoms with E-state index in [1.807, 2.05) is 6.07 Å². The average Bonchev–Trinajstić information content (AvgIpc) is 3.63. The summed E-state index contributed by atoms with van der Waals surface area (Å²) in [5.74, 6) is -0.114. The molecule has 0 radical (unpaired) electrons. The van der Waals surface area contributed by atoms with E-state index >= 15 is 4.39 Å². The van der Waals surface area contributed by atoms with Gasteiger partial charge in [-0.15, -0.1) is 0 Å². The molecule has 1 saturated carbocycles. The number of H-pyrrole nitrogens is 2. The lowest BCUT2D eigenvalue weighted by Crippen LogP contribution is -2.29. The van der Waals surface area contributed by atoms with Gasteiger partial charge in [-0.2, -0.15) is 5.10 Å². The standard InChI is InChI=1S/C29H30FN9O/c30-23-22-20(16-33-24(23)18-13-19(15-31-14-18)34-29(40)17-7-3-1-4-8-17)37-38-26(22)28-35-25-21(9-10-32-27(25)36-28)39-11-5-2-6-12-39/h9-10,13-17H,1-8,11-12H2,(H,34,40)(H,37,38)(H,32,35,36). The summed E-state index contributed by atoms with van der Waals surface area (Å²) in [7, 11) is 0. The van der Waals surface area contributed by atoms with E-state index in [0.717, 1.165) is 62.8 Å². The molecule has 6 heterocycles. The molecule has 1 saturated heterocycles. The normalized spacial score (nSPS) is 16.6. The lowest BCUT2D eigenvalue weighted by atomic mass is 9.88. The first-order valence-electron chi connectivity index (χ1n) is 14.0. The Balaban J connectivity index is 1.24. The molecule has 11 heteroatoms. The summed E-state index contributed by atoms with van der Waals surface area (Å²) in [6.45, 7) is 1.95. The molecule has 5 aromatic heterocycles. The van der Waals surface area contributed by atoms with Gasteiger partial charge in [-0.05, 0) is 44.2 Å². The Kier molecular flexibility index (Phi) is 6.33. The average molecular weight is 540 g/mol. The van der Waals surface area contributed by atoms with Crippen molar-refractivity contribution in [1.82, 2.24) is 35.1 Å². The number of amides is 1. The third kappa shape index (κ3) is 4.44. The highest BCUT2D eigenvalue weighted by Gasteiger charge is 2.24. The van der Waals surface area contributed by atoms with Gasteiger partial charge < -0.3 is 15.2 Å². The molecular formula is C29H30FN9O. The number of fused-ring (bicyclic) bond motifs is 2. The minimum atomic E-state index is -0.538. The first-order chi connectivity index (χ1) is 19.7. The second-order valence-corrected chi connectivity index (χ2v) is 10.7. The van der Waals surface area contributed by atoms with Crippen LogP contribution in [0.5, 0.6) is 0 Å². The molecule has 0 spiro atoms. The van der Waals surface area contributed by atoms with Crippen LogP contribution in [-0.2, 0) is 4.79 Å². The molecule has 2 aliphatic rings. The van der Waals surface area contributed by atoms with E-state index in [4.69, 9.17) is 4.98 Å². The smallest absolute Gasteiger partial charge is 0.227 e. The van der Waals surface area contributed by atoms with Gasteiger partial charge in [-0.1, -0.05) is 19.3 Å². The van der Waals surface area contributed by atoms with Crippen molar-refractivity contribution in [3.8, 4) is 22.8 Å². The van der Waals surface area contributed by atoms with E-state index in [1.54, 1.807) is 30.9 Å². The molecular weight excluding hydrogens is 509 g/mol. The van der Waals surface area contributed by atoms with Crippen LogP contribution in [0, 0.1) is 11.7 Å². The number of nitrogens with zero attached hydrogens (tertiary/aromatic N) is 6. The lowest BCUT2D eigenvalue weighted by Gasteiger charge is -2.28. The van der Waals surface area contributed by atoms with Gasteiger partial charge in [0.25, 0.3) is 0 Å². The zero-order valence-electron chi connectivity index (χ0n) is 22.1. The molecule has 5 aromatic rings. The van der Waals surface area contributed by atoms with Crippen LogP contribution in [-0.4, -0.2) is 54.1 Å². The van der Waals surface area contributed by atoms with Gasteiger partial charge in [0.1, 0.15) is 16.9 Å². The van der Waals surface area contributed by atoms with Gasteiger partial charge in [-0.25, -0.2) is 14.4 Å². The molecule has 0 atom stereocenters. The van der Waals surface area contributed by atoms with Crippen molar-refractivity contribution in [3.05, 3.63) is 42.7 Å². The molecule has 0 aromatic carbocycles. The highest BCUT2D eigenvalue weighted by Crippen LogP contribution is 2.34. The quantitative estimate of drug-likeness (QED) is 0.265. The minimum Gasteiger partial charge on any atom is -0.370 e. The Morgan fingerprint density at radius 2 is 1.82 bits per heavy atom. The molecule has 2 fully saturated rings. The van der Waals surface area contributed by atoms with Crippen LogP contribution >= 0.6 is 0 Å². The van der Waals surface area contributed by atoms with Crippen LogP contribution in [0.1, 0.15) is 51.4 Å². The van der Waals surface area contributed by atoms with E-state index < -0.39 is 5.82 Å². The Bertz CT molecular complexity index is 1700. The van der Waals surface area contributed by atoms with Gasteiger partial charge in [0.15, 0.2) is 17.3 Å². The number of halogens is 1. The topological polar surface area (TPSA) is 128 Å². The Morgan fingerprint density at radius 1 is 1.00 bits per heavy atom. The Labute approximate surface area is 229 Å². The zero-order chi connectivity index (χ0) is 27.1. The number of piperidine rings is 1. The molecule has 204 valence electrons. The fraction of sp³-hybridized carbons (Fsp3) is 0.379. The van der Waals surface area contributed by atoms with E-state index in [9.17, 15) is 4.79 Å². The predicted molar refractivity (Wildman–Crippen MR) is 151 cm³/mol. The first kappa shape index (κ1) is 24.6. The third-order valence-electron chi connectivity index (χ3n) is 8.08. The van der Waals surface area contributed by atoms with Crippen molar-refractivity contribution in [2.45, 2.75) is 51.4 Å². The molecule has 10 nitrogen and oxygen atoms in total. The van der Waals surface area contributed by atoms with Gasteiger partial charge >= 0.3 is 0 Å². The molecule has 0 bridgehead atoms. The predicted octanol–water partition coefficient (Wildman–Crippen LogP) is 5.61. The summed E-state index contributed by atoms with van der Waals surface area (Å²) in [6, 6.07) is 3.69. The minimum absolute atomic E-state index is 0.00540. The highest BCUT2D eigenvalue weighted by molar-refractivity contribution is 5.97. The summed E-state index contributed by atoms with van der Waals surface area (Å²) in [6.07, 6.45) is 15.1. The summed E-state index contributed by atoms with van der Waals surface area (Å²) in [5.41, 5.74) is 4.32. The van der Waals surface area contributed by atoms with E-state index in [0.29, 0.717) is 33.9 Å². The van der Waals surface area contributed by atoms with Crippen molar-refractivity contribution in [3.63, 3.8) is 0 Å². The monoisotopic (exact) mass is 539 g/mol. The maximum atomic E-state index is 16.1. The third-order valence-corrected chi connectivity index (χ3v) is 8.08. The highest BCUT2D eigenvalue weighted by atomic mass is 19.1. The van der Waals surface area contributed by atoms with Crippen LogP contribution in [0.15, 0.2) is 36.9 Å². The summed E-state index contributed by atoms with van der Waals surface area (Å²) >= 11 is 0. The first-order valence-corrected chi connectivity index (χ1v) is 14.0. The Hall–Kier alpha value is -4.41. The van der Waals surface area contributed by atoms with Crippen LogP contribution in [0.25, 0.3) is 44.8 Å². The van der Waals surface area contributed by atoms with E-state index in [2.05, 4.69) is 40.3 Å². The number of anilines is 2. The van der Waals surface area contributed by atoms with Crippen molar-refractivity contribution >= 4 is 39.3 Å². The number of nitrogens with one attached hydrogen (secondary N) is 3. The van der Waals surface area contributed by atoms with Crippen LogP contribution in [0.3, 0.4) is 0 Å². The van der Waals surface area contributed by atoms with E-state index in [1.165, 1.54) is 12.8 Å².